The molecule has 0 spiro atoms. The molecule has 0 radical (unpaired) electrons. The third-order valence-corrected chi connectivity index (χ3v) is 2.11. The van der Waals surface area contributed by atoms with Gasteiger partial charge in [-0.3, -0.25) is 0 Å². The average Bonchev–Trinajstić information content (AvgIpc) is 2.87. The molecule has 0 atom stereocenters. The SMILES string of the molecule is COc1nc(C)ncc1C1CC1. The normalized spacial score (nSPS) is 16.2. The molecule has 0 N–H and O–H groups in total. The van der Waals surface area contributed by atoms with Crippen LogP contribution in [0.2, 0.25) is 0 Å². The summed E-state index contributed by atoms with van der Waals surface area (Å²) in [7, 11) is 1.66. The van der Waals surface area contributed by atoms with E-state index in [4.69, 9.17) is 4.74 Å². The maximum absolute atomic E-state index is 5.18. The number of ether oxygens (including phenoxy) is 1. The highest BCUT2D eigenvalue weighted by Crippen LogP contribution is 2.43. The number of rotatable bonds is 2. The number of aromatic nitrogens is 2. The second-order valence-corrected chi connectivity index (χ2v) is 3.16. The van der Waals surface area contributed by atoms with E-state index in [0.717, 1.165) is 11.7 Å². The number of aryl methyl sites for hydroxylation is 1. The smallest absolute Gasteiger partial charge is 0.219 e. The monoisotopic (exact) mass is 164 g/mol. The summed E-state index contributed by atoms with van der Waals surface area (Å²) in [4.78, 5) is 8.38. The molecular formula is C9H12N2O. The lowest BCUT2D eigenvalue weighted by Crippen LogP contribution is -1.97. The van der Waals surface area contributed by atoms with E-state index < -0.39 is 0 Å². The fourth-order valence-corrected chi connectivity index (χ4v) is 1.30. The zero-order valence-electron chi connectivity index (χ0n) is 7.37. The van der Waals surface area contributed by atoms with Gasteiger partial charge in [-0.1, -0.05) is 0 Å². The summed E-state index contributed by atoms with van der Waals surface area (Å²) in [6.07, 6.45) is 4.39. The number of methoxy groups -OCH3 is 1. The first-order valence-corrected chi connectivity index (χ1v) is 4.19. The third kappa shape index (κ3) is 1.26. The Morgan fingerprint density at radius 1 is 1.50 bits per heavy atom. The van der Waals surface area contributed by atoms with Crippen LogP contribution in [-0.4, -0.2) is 17.1 Å². The molecule has 0 saturated heterocycles. The fraction of sp³-hybridized carbons (Fsp3) is 0.556. The van der Waals surface area contributed by atoms with Crippen molar-refractivity contribution >= 4 is 0 Å². The van der Waals surface area contributed by atoms with Gasteiger partial charge in [0.15, 0.2) is 0 Å². The second kappa shape index (κ2) is 2.73. The first-order chi connectivity index (χ1) is 5.81. The number of hydrogen-bond acceptors (Lipinski definition) is 3. The Kier molecular flexibility index (Phi) is 1.71. The van der Waals surface area contributed by atoms with Crippen LogP contribution in [-0.2, 0) is 0 Å². The van der Waals surface area contributed by atoms with Gasteiger partial charge in [-0.15, -0.1) is 0 Å². The highest BCUT2D eigenvalue weighted by atomic mass is 16.5. The standard InChI is InChI=1S/C9H12N2O/c1-6-10-5-8(7-3-4-7)9(11-6)12-2/h5,7H,3-4H2,1-2H3. The molecule has 1 aromatic heterocycles. The zero-order chi connectivity index (χ0) is 8.55. The minimum absolute atomic E-state index is 0.653. The predicted molar refractivity (Wildman–Crippen MR) is 45.3 cm³/mol. The minimum Gasteiger partial charge on any atom is -0.481 e. The summed E-state index contributed by atoms with van der Waals surface area (Å²) in [5.41, 5.74) is 1.17. The molecule has 1 aliphatic carbocycles. The van der Waals surface area contributed by atoms with Gasteiger partial charge in [-0.05, 0) is 25.7 Å². The number of hydrogen-bond donors (Lipinski definition) is 0. The summed E-state index contributed by atoms with van der Waals surface area (Å²) < 4.78 is 5.18. The van der Waals surface area contributed by atoms with Crippen LogP contribution in [0.1, 0.15) is 30.1 Å². The molecule has 1 heterocycles. The Morgan fingerprint density at radius 2 is 2.25 bits per heavy atom. The van der Waals surface area contributed by atoms with Gasteiger partial charge in [0.1, 0.15) is 5.82 Å². The van der Waals surface area contributed by atoms with Gasteiger partial charge in [0.05, 0.1) is 7.11 Å². The van der Waals surface area contributed by atoms with Crippen molar-refractivity contribution in [2.45, 2.75) is 25.7 Å². The number of nitrogens with zero attached hydrogens (tertiary/aromatic N) is 2. The Balaban J connectivity index is 2.38. The van der Waals surface area contributed by atoms with Crippen LogP contribution in [0.3, 0.4) is 0 Å². The van der Waals surface area contributed by atoms with Crippen molar-refractivity contribution in [3.63, 3.8) is 0 Å². The Morgan fingerprint density at radius 3 is 2.83 bits per heavy atom. The van der Waals surface area contributed by atoms with Crippen molar-refractivity contribution in [1.82, 2.24) is 9.97 Å². The van der Waals surface area contributed by atoms with Gasteiger partial charge in [-0.25, -0.2) is 4.98 Å². The van der Waals surface area contributed by atoms with Gasteiger partial charge in [0.2, 0.25) is 5.88 Å². The van der Waals surface area contributed by atoms with Gasteiger partial charge in [0.25, 0.3) is 0 Å². The lowest BCUT2D eigenvalue weighted by atomic mass is 10.2. The predicted octanol–water partition coefficient (Wildman–Crippen LogP) is 1.67. The molecule has 0 aliphatic heterocycles. The summed E-state index contributed by atoms with van der Waals surface area (Å²) in [5, 5.41) is 0. The van der Waals surface area contributed by atoms with E-state index in [9.17, 15) is 0 Å². The van der Waals surface area contributed by atoms with Crippen LogP contribution in [0.4, 0.5) is 0 Å². The maximum atomic E-state index is 5.18. The molecule has 1 saturated carbocycles. The fourth-order valence-electron chi connectivity index (χ4n) is 1.30. The average molecular weight is 164 g/mol. The van der Waals surface area contributed by atoms with E-state index in [1.807, 2.05) is 13.1 Å². The van der Waals surface area contributed by atoms with Gasteiger partial charge in [0, 0.05) is 11.8 Å². The largest absolute Gasteiger partial charge is 0.481 e. The minimum atomic E-state index is 0.653. The highest BCUT2D eigenvalue weighted by Gasteiger charge is 2.27. The topological polar surface area (TPSA) is 35.0 Å². The van der Waals surface area contributed by atoms with Crippen molar-refractivity contribution in [3.8, 4) is 5.88 Å². The summed E-state index contributed by atoms with van der Waals surface area (Å²) in [5.74, 6) is 2.18. The maximum Gasteiger partial charge on any atom is 0.219 e. The molecule has 64 valence electrons. The Bertz CT molecular complexity index is 295. The molecule has 0 bridgehead atoms. The van der Waals surface area contributed by atoms with Crippen molar-refractivity contribution in [2.75, 3.05) is 7.11 Å². The molecule has 1 fully saturated rings. The molecule has 3 nitrogen and oxygen atoms in total. The third-order valence-electron chi connectivity index (χ3n) is 2.11. The van der Waals surface area contributed by atoms with Crippen LogP contribution in [0.25, 0.3) is 0 Å². The first kappa shape index (κ1) is 7.53. The van der Waals surface area contributed by atoms with Crippen LogP contribution in [0.5, 0.6) is 5.88 Å². The quantitative estimate of drug-likeness (QED) is 0.667. The van der Waals surface area contributed by atoms with Crippen LogP contribution >= 0.6 is 0 Å². The first-order valence-electron chi connectivity index (χ1n) is 4.19. The lowest BCUT2D eigenvalue weighted by molar-refractivity contribution is 0.390. The van der Waals surface area contributed by atoms with Crippen molar-refractivity contribution in [3.05, 3.63) is 17.6 Å². The molecule has 1 aromatic rings. The summed E-state index contributed by atoms with van der Waals surface area (Å²) in [6.45, 7) is 1.87. The van der Waals surface area contributed by atoms with E-state index in [0.29, 0.717) is 5.92 Å². The molecule has 0 unspecified atom stereocenters. The van der Waals surface area contributed by atoms with Crippen molar-refractivity contribution in [1.29, 1.82) is 0 Å². The molecule has 12 heavy (non-hydrogen) atoms. The van der Waals surface area contributed by atoms with E-state index >= 15 is 0 Å². The van der Waals surface area contributed by atoms with Crippen LogP contribution in [0, 0.1) is 6.92 Å². The van der Waals surface area contributed by atoms with E-state index in [1.54, 1.807) is 7.11 Å². The van der Waals surface area contributed by atoms with E-state index in [-0.39, 0.29) is 0 Å². The molecule has 3 heteroatoms. The van der Waals surface area contributed by atoms with E-state index in [1.165, 1.54) is 18.4 Å². The van der Waals surface area contributed by atoms with Crippen LogP contribution < -0.4 is 4.74 Å². The highest BCUT2D eigenvalue weighted by molar-refractivity contribution is 5.30. The van der Waals surface area contributed by atoms with E-state index in [2.05, 4.69) is 9.97 Å². The molecule has 2 rings (SSSR count). The summed E-state index contributed by atoms with van der Waals surface area (Å²) in [6, 6.07) is 0. The van der Waals surface area contributed by atoms with Crippen LogP contribution in [0.15, 0.2) is 6.20 Å². The van der Waals surface area contributed by atoms with Gasteiger partial charge < -0.3 is 4.74 Å². The van der Waals surface area contributed by atoms with Crippen molar-refractivity contribution in [2.24, 2.45) is 0 Å². The molecule has 0 aromatic carbocycles. The second-order valence-electron chi connectivity index (χ2n) is 3.16. The Labute approximate surface area is 71.8 Å². The lowest BCUT2D eigenvalue weighted by Gasteiger charge is -2.05. The molecular weight excluding hydrogens is 152 g/mol. The zero-order valence-corrected chi connectivity index (χ0v) is 7.37. The van der Waals surface area contributed by atoms with Gasteiger partial charge >= 0.3 is 0 Å². The van der Waals surface area contributed by atoms with Crippen molar-refractivity contribution < 1.29 is 4.74 Å². The molecule has 1 aliphatic rings. The Hall–Kier alpha value is -1.12. The molecule has 0 amide bonds. The van der Waals surface area contributed by atoms with Gasteiger partial charge in [-0.2, -0.15) is 4.98 Å². The summed E-state index contributed by atoms with van der Waals surface area (Å²) >= 11 is 0.